The van der Waals surface area contributed by atoms with Crippen LogP contribution in [-0.4, -0.2) is 5.97 Å². The van der Waals surface area contributed by atoms with Crippen LogP contribution < -0.4 is 4.52 Å². The molecule has 0 aliphatic carbocycles. The molecule has 0 aliphatic rings. The van der Waals surface area contributed by atoms with Gasteiger partial charge in [-0.25, -0.2) is 0 Å². The first-order valence-electron chi connectivity index (χ1n) is 12.9. The zero-order chi connectivity index (χ0) is 27.3. The lowest BCUT2D eigenvalue weighted by Gasteiger charge is -2.23. The van der Waals surface area contributed by atoms with Gasteiger partial charge in [0, 0.05) is 21.9 Å². The Kier molecular flexibility index (Phi) is 7.12. The Hall–Kier alpha value is -2.97. The molecule has 0 N–H and O–H groups in total. The third-order valence-electron chi connectivity index (χ3n) is 7.16. The van der Waals surface area contributed by atoms with Gasteiger partial charge in [0.1, 0.15) is 11.2 Å². The van der Waals surface area contributed by atoms with Crippen molar-refractivity contribution in [2.75, 3.05) is 0 Å². The molecule has 37 heavy (non-hydrogen) atoms. The van der Waals surface area contributed by atoms with Gasteiger partial charge in [-0.1, -0.05) is 84.0 Å². The fourth-order valence-corrected chi connectivity index (χ4v) is 5.79. The monoisotopic (exact) mass is 518 g/mol. The van der Waals surface area contributed by atoms with Crippen LogP contribution in [0.25, 0.3) is 21.9 Å². The maximum Gasteiger partial charge on any atom is 0.455 e. The Morgan fingerprint density at radius 2 is 1.19 bits per heavy atom. The molecule has 4 nitrogen and oxygen atoms in total. The summed E-state index contributed by atoms with van der Waals surface area (Å²) in [5, 5.41) is 2.08. The second-order valence-corrected chi connectivity index (χ2v) is 13.2. The van der Waals surface area contributed by atoms with Crippen LogP contribution in [0, 0.1) is 27.7 Å². The van der Waals surface area contributed by atoms with Crippen molar-refractivity contribution in [1.82, 2.24) is 0 Å². The SMILES string of the molecule is Cc1cc(C(C)(C)C)c2op(OC(=O)Cc3ccccc3)oc3c(C(C)(C)C)cc(C)c(C)c3c2c1C. The first kappa shape index (κ1) is 27.1. The molecular weight excluding hydrogens is 479 g/mol. The molecule has 5 heteroatoms. The second kappa shape index (κ2) is 9.72. The number of fused-ring (bicyclic) bond motifs is 3. The van der Waals surface area contributed by atoms with Crippen LogP contribution in [0.3, 0.4) is 0 Å². The van der Waals surface area contributed by atoms with Gasteiger partial charge in [0.25, 0.3) is 0 Å². The van der Waals surface area contributed by atoms with Crippen molar-refractivity contribution in [3.63, 3.8) is 0 Å². The summed E-state index contributed by atoms with van der Waals surface area (Å²) >= 11 is 0. The van der Waals surface area contributed by atoms with Gasteiger partial charge in [0.05, 0.1) is 6.42 Å². The molecule has 1 aromatic heterocycles. The molecule has 1 heterocycles. The summed E-state index contributed by atoms with van der Waals surface area (Å²) in [5.74, 6) is -0.371. The molecule has 4 aromatic rings. The topological polar surface area (TPSA) is 52.6 Å². The van der Waals surface area contributed by atoms with E-state index in [9.17, 15) is 4.79 Å². The number of carbonyl (C=O) groups excluding carboxylic acids is 1. The quantitative estimate of drug-likeness (QED) is 0.271. The third-order valence-corrected chi connectivity index (χ3v) is 8.18. The number of aryl methyl sites for hydroxylation is 4. The molecule has 0 radical (unpaired) electrons. The molecule has 0 atom stereocenters. The molecule has 0 bridgehead atoms. The molecule has 0 amide bonds. The molecule has 3 aromatic carbocycles. The van der Waals surface area contributed by atoms with E-state index >= 15 is 0 Å². The predicted molar refractivity (Wildman–Crippen MR) is 154 cm³/mol. The maximum atomic E-state index is 13.1. The molecule has 196 valence electrons. The van der Waals surface area contributed by atoms with E-state index in [0.29, 0.717) is 0 Å². The third kappa shape index (κ3) is 5.36. The van der Waals surface area contributed by atoms with Gasteiger partial charge >= 0.3 is 14.2 Å². The van der Waals surface area contributed by atoms with E-state index in [1.165, 1.54) is 11.1 Å². The van der Waals surface area contributed by atoms with Gasteiger partial charge < -0.3 is 12.9 Å². The molecule has 0 aliphatic heterocycles. The van der Waals surface area contributed by atoms with Crippen molar-refractivity contribution >= 4 is 36.1 Å². The number of benzene rings is 3. The van der Waals surface area contributed by atoms with Gasteiger partial charge in [0.15, 0.2) is 0 Å². The zero-order valence-corrected chi connectivity index (χ0v) is 24.7. The highest BCUT2D eigenvalue weighted by Gasteiger charge is 2.27. The zero-order valence-electron chi connectivity index (χ0n) is 23.8. The lowest BCUT2D eigenvalue weighted by molar-refractivity contribution is -0.130. The molecule has 0 unspecified atom stereocenters. The van der Waals surface area contributed by atoms with Gasteiger partial charge in [0.2, 0.25) is 0 Å². The number of rotatable bonds is 3. The van der Waals surface area contributed by atoms with Crippen LogP contribution in [0.5, 0.6) is 0 Å². The highest BCUT2D eigenvalue weighted by atomic mass is 31.1. The largest absolute Gasteiger partial charge is 0.455 e. The van der Waals surface area contributed by atoms with Crippen molar-refractivity contribution in [3.05, 3.63) is 81.4 Å². The minimum atomic E-state index is -2.03. The number of hydrogen-bond acceptors (Lipinski definition) is 4. The Morgan fingerprint density at radius 3 is 1.59 bits per heavy atom. The van der Waals surface area contributed by atoms with Crippen LogP contribution in [0.15, 0.2) is 50.9 Å². The highest BCUT2D eigenvalue weighted by molar-refractivity contribution is 7.32. The van der Waals surface area contributed by atoms with E-state index in [2.05, 4.69) is 81.4 Å². The standard InChI is InChI=1S/C32H39O4P/c1-19-16-24(31(5,6)7)29-27(21(19)3)28-22(4)20(2)17-25(32(8,9)10)30(28)36-37(35-29)34-26(33)18-23-14-12-11-13-15-23/h11-17H,18H2,1-10H3. The van der Waals surface area contributed by atoms with Crippen LogP contribution in [0.2, 0.25) is 0 Å². The smallest absolute Gasteiger partial charge is 0.390 e. The lowest BCUT2D eigenvalue weighted by Crippen LogP contribution is -2.13. The van der Waals surface area contributed by atoms with Crippen LogP contribution in [0.1, 0.15) is 80.5 Å². The second-order valence-electron chi connectivity index (χ2n) is 12.2. The first-order chi connectivity index (χ1) is 17.2. The average molecular weight is 519 g/mol. The highest BCUT2D eigenvalue weighted by Crippen LogP contribution is 2.45. The molecule has 0 spiro atoms. The Labute approximate surface area is 221 Å². The first-order valence-corrected chi connectivity index (χ1v) is 14.0. The van der Waals surface area contributed by atoms with E-state index in [1.54, 1.807) is 0 Å². The summed E-state index contributed by atoms with van der Waals surface area (Å²) in [6.07, 6.45) is 0.157. The maximum absolute atomic E-state index is 13.1. The summed E-state index contributed by atoms with van der Waals surface area (Å²) in [5.41, 5.74) is 8.86. The summed E-state index contributed by atoms with van der Waals surface area (Å²) in [6.45, 7) is 21.7. The summed E-state index contributed by atoms with van der Waals surface area (Å²) < 4.78 is 19.2. The van der Waals surface area contributed by atoms with E-state index in [-0.39, 0.29) is 23.2 Å². The van der Waals surface area contributed by atoms with Gasteiger partial charge in [-0.3, -0.25) is 4.79 Å². The van der Waals surface area contributed by atoms with Crippen LogP contribution in [-0.2, 0) is 22.0 Å². The normalized spacial score (nSPS) is 12.3. The summed E-state index contributed by atoms with van der Waals surface area (Å²) in [7, 11) is -2.03. The van der Waals surface area contributed by atoms with Gasteiger partial charge in [-0.2, -0.15) is 0 Å². The van der Waals surface area contributed by atoms with Crippen molar-refractivity contribution < 1.29 is 17.7 Å². The Morgan fingerprint density at radius 1 is 0.757 bits per heavy atom. The Bertz CT molecular complexity index is 1440. The molecule has 0 fully saturated rings. The molecule has 0 saturated carbocycles. The van der Waals surface area contributed by atoms with Crippen LogP contribution >= 0.6 is 8.24 Å². The fraction of sp³-hybridized carbons (Fsp3) is 0.406. The summed E-state index contributed by atoms with van der Waals surface area (Å²) in [6, 6.07) is 14.0. The minimum Gasteiger partial charge on any atom is -0.390 e. The molecule has 0 saturated heterocycles. The van der Waals surface area contributed by atoms with E-state index < -0.39 is 8.24 Å². The van der Waals surface area contributed by atoms with E-state index in [0.717, 1.165) is 49.8 Å². The van der Waals surface area contributed by atoms with Crippen LogP contribution in [0.4, 0.5) is 0 Å². The number of carbonyl (C=O) groups is 1. The van der Waals surface area contributed by atoms with Crippen molar-refractivity contribution in [1.29, 1.82) is 0 Å². The minimum absolute atomic E-state index is 0.157. The fourth-order valence-electron chi connectivity index (χ4n) is 4.77. The predicted octanol–water partition coefficient (Wildman–Crippen LogP) is 9.32. The molecule has 4 rings (SSSR count). The Balaban J connectivity index is 2.15. The average Bonchev–Trinajstić information content (AvgIpc) is 2.95. The van der Waals surface area contributed by atoms with Crippen molar-refractivity contribution in [2.24, 2.45) is 0 Å². The molecular formula is C32H39O4P. The van der Waals surface area contributed by atoms with Crippen molar-refractivity contribution in [2.45, 2.75) is 86.5 Å². The van der Waals surface area contributed by atoms with Gasteiger partial charge in [-0.15, -0.1) is 0 Å². The number of hydrogen-bond donors (Lipinski definition) is 0. The van der Waals surface area contributed by atoms with Crippen molar-refractivity contribution in [3.8, 4) is 0 Å². The van der Waals surface area contributed by atoms with E-state index in [1.807, 2.05) is 30.3 Å². The lowest BCUT2D eigenvalue weighted by atomic mass is 9.81. The van der Waals surface area contributed by atoms with Gasteiger partial charge in [-0.05, 0) is 66.3 Å². The van der Waals surface area contributed by atoms with E-state index in [4.69, 9.17) is 12.9 Å². The summed E-state index contributed by atoms with van der Waals surface area (Å²) in [4.78, 5) is 13.1.